The zero-order chi connectivity index (χ0) is 29.1. The minimum Gasteiger partial charge on any atom is -0.394 e. The Bertz CT molecular complexity index is 1070. The first-order valence-corrected chi connectivity index (χ1v) is 13.7. The molecule has 0 bridgehead atoms. The smallest absolute Gasteiger partial charge is 0.315 e. The molecule has 0 radical (unpaired) electrons. The number of carbonyl (C=O) groups excluding carboxylic acids is 1. The van der Waals surface area contributed by atoms with Crippen LogP contribution >= 0.6 is 0 Å². The molecule has 10 heteroatoms. The van der Waals surface area contributed by atoms with Gasteiger partial charge in [0.25, 0.3) is 5.56 Å². The number of benzene rings is 1. The number of nitrogens with one attached hydrogen (secondary N) is 3. The fourth-order valence-electron chi connectivity index (χ4n) is 4.10. The molecule has 2 aromatic rings. The molecule has 1 aromatic heterocycles. The van der Waals surface area contributed by atoms with Gasteiger partial charge in [-0.3, -0.25) is 9.69 Å². The molecular formula is C29H48N6O4. The molecule has 1 unspecified atom stereocenters. The lowest BCUT2D eigenvalue weighted by Crippen LogP contribution is -2.54. The standard InChI is InChI=1S/C15H19N3O.C14H29N3O3/c1-15(2,3)14-17-9-12(13(19)18-14)11-6-4-10(8-16)5-7-11;1-14(2,3)16-13(19)15-12-5-4-6-17(11-12)7-9-20-10-8-18/h4-7,9H,8,16H2,1-3H3,(H,17,18,19);12,18H,4-11H2,1-3H3,(H2,15,16,19). The van der Waals surface area contributed by atoms with E-state index in [0.717, 1.165) is 43.6 Å². The van der Waals surface area contributed by atoms with Crippen LogP contribution in [0.1, 0.15) is 65.8 Å². The minimum absolute atomic E-state index is 0.0666. The molecule has 1 aliphatic heterocycles. The van der Waals surface area contributed by atoms with Crippen molar-refractivity contribution in [1.82, 2.24) is 25.5 Å². The Labute approximate surface area is 232 Å². The average molecular weight is 545 g/mol. The number of H-pyrrole nitrogens is 1. The SMILES string of the molecule is CC(C)(C)NC(=O)NC1CCCN(CCOCCO)C1.CC(C)(C)c1ncc(-c2ccc(CN)cc2)c(=O)[nH]1. The third-order valence-corrected chi connectivity index (χ3v) is 6.13. The van der Waals surface area contributed by atoms with E-state index in [0.29, 0.717) is 31.1 Å². The predicted molar refractivity (Wildman–Crippen MR) is 156 cm³/mol. The normalized spacial score (nSPS) is 16.3. The first-order valence-electron chi connectivity index (χ1n) is 13.7. The summed E-state index contributed by atoms with van der Waals surface area (Å²) in [5, 5.41) is 14.6. The van der Waals surface area contributed by atoms with Gasteiger partial charge in [-0.25, -0.2) is 9.78 Å². The van der Waals surface area contributed by atoms with Crippen molar-refractivity contribution in [2.75, 3.05) is 39.5 Å². The van der Waals surface area contributed by atoms with Gasteiger partial charge in [0.1, 0.15) is 5.82 Å². The number of aromatic nitrogens is 2. The molecule has 0 aliphatic carbocycles. The Morgan fingerprint density at radius 2 is 1.87 bits per heavy atom. The number of hydrogen-bond acceptors (Lipinski definition) is 7. The van der Waals surface area contributed by atoms with Crippen LogP contribution in [0.25, 0.3) is 11.1 Å². The van der Waals surface area contributed by atoms with Crippen molar-refractivity contribution in [1.29, 1.82) is 0 Å². The molecule has 1 fully saturated rings. The van der Waals surface area contributed by atoms with Crippen molar-refractivity contribution >= 4 is 6.03 Å². The van der Waals surface area contributed by atoms with Crippen LogP contribution in [0.2, 0.25) is 0 Å². The monoisotopic (exact) mass is 544 g/mol. The van der Waals surface area contributed by atoms with E-state index in [1.807, 2.05) is 65.8 Å². The number of hydrogen-bond donors (Lipinski definition) is 5. The number of rotatable bonds is 8. The largest absolute Gasteiger partial charge is 0.394 e. The van der Waals surface area contributed by atoms with E-state index in [4.69, 9.17) is 15.6 Å². The van der Waals surface area contributed by atoms with Gasteiger partial charge in [-0.15, -0.1) is 0 Å². The maximum absolute atomic E-state index is 12.1. The number of ether oxygens (including phenoxy) is 1. The lowest BCUT2D eigenvalue weighted by atomic mass is 9.95. The van der Waals surface area contributed by atoms with Crippen LogP contribution in [0.5, 0.6) is 0 Å². The van der Waals surface area contributed by atoms with Gasteiger partial charge in [-0.1, -0.05) is 45.0 Å². The van der Waals surface area contributed by atoms with Crippen molar-refractivity contribution in [3.05, 3.63) is 52.2 Å². The number of nitrogens with zero attached hydrogens (tertiary/aromatic N) is 2. The van der Waals surface area contributed by atoms with E-state index < -0.39 is 0 Å². The number of carbonyl (C=O) groups is 1. The highest BCUT2D eigenvalue weighted by Gasteiger charge is 2.23. The molecule has 2 amide bonds. The van der Waals surface area contributed by atoms with Gasteiger partial charge in [-0.05, 0) is 51.3 Å². The number of aromatic amines is 1. The predicted octanol–water partition coefficient (Wildman–Crippen LogP) is 2.75. The van der Waals surface area contributed by atoms with E-state index in [9.17, 15) is 9.59 Å². The molecule has 39 heavy (non-hydrogen) atoms. The van der Waals surface area contributed by atoms with Gasteiger partial charge >= 0.3 is 6.03 Å². The van der Waals surface area contributed by atoms with Gasteiger partial charge in [0.05, 0.1) is 25.4 Å². The molecule has 218 valence electrons. The Morgan fingerprint density at radius 1 is 1.18 bits per heavy atom. The molecule has 1 saturated heterocycles. The van der Waals surface area contributed by atoms with E-state index in [1.54, 1.807) is 6.20 Å². The summed E-state index contributed by atoms with van der Waals surface area (Å²) in [5.74, 6) is 0.694. The second kappa shape index (κ2) is 15.1. The molecule has 0 spiro atoms. The van der Waals surface area contributed by atoms with Crippen LogP contribution < -0.4 is 21.9 Å². The molecule has 1 aromatic carbocycles. The first-order chi connectivity index (χ1) is 18.3. The first kappa shape index (κ1) is 32.4. The van der Waals surface area contributed by atoms with Gasteiger partial charge in [0.2, 0.25) is 0 Å². The number of aliphatic hydroxyl groups excluding tert-OH is 1. The summed E-state index contributed by atoms with van der Waals surface area (Å²) in [4.78, 5) is 33.5. The topological polar surface area (TPSA) is 146 Å². The van der Waals surface area contributed by atoms with Crippen molar-refractivity contribution in [2.45, 2.75) is 77.9 Å². The van der Waals surface area contributed by atoms with Crippen molar-refractivity contribution in [3.63, 3.8) is 0 Å². The Balaban J connectivity index is 0.000000274. The molecular weight excluding hydrogens is 496 g/mol. The summed E-state index contributed by atoms with van der Waals surface area (Å²) in [6, 6.07) is 7.74. The van der Waals surface area contributed by atoms with Crippen molar-refractivity contribution in [2.24, 2.45) is 5.73 Å². The number of amides is 2. The maximum Gasteiger partial charge on any atom is 0.315 e. The minimum atomic E-state index is -0.212. The zero-order valence-electron chi connectivity index (χ0n) is 24.5. The summed E-state index contributed by atoms with van der Waals surface area (Å²) in [5.41, 5.74) is 7.54. The van der Waals surface area contributed by atoms with Crippen LogP contribution in [0, 0.1) is 0 Å². The highest BCUT2D eigenvalue weighted by molar-refractivity contribution is 5.75. The van der Waals surface area contributed by atoms with Crippen LogP contribution in [-0.2, 0) is 16.7 Å². The highest BCUT2D eigenvalue weighted by atomic mass is 16.5. The molecule has 2 heterocycles. The fraction of sp³-hybridized carbons (Fsp3) is 0.621. The van der Waals surface area contributed by atoms with E-state index in [1.165, 1.54) is 0 Å². The molecule has 1 atom stereocenters. The third-order valence-electron chi connectivity index (χ3n) is 6.13. The third kappa shape index (κ3) is 11.9. The summed E-state index contributed by atoms with van der Waals surface area (Å²) < 4.78 is 5.28. The zero-order valence-corrected chi connectivity index (χ0v) is 24.5. The van der Waals surface area contributed by atoms with Crippen LogP contribution in [0.3, 0.4) is 0 Å². The van der Waals surface area contributed by atoms with Crippen LogP contribution in [0.15, 0.2) is 35.3 Å². The molecule has 1 aliphatic rings. The number of likely N-dealkylation sites (tertiary alicyclic amines) is 1. The second-order valence-electron chi connectivity index (χ2n) is 11.9. The number of aliphatic hydroxyl groups is 1. The summed E-state index contributed by atoms with van der Waals surface area (Å²) in [6.45, 7) is 16.3. The van der Waals surface area contributed by atoms with Gasteiger partial charge in [-0.2, -0.15) is 0 Å². The van der Waals surface area contributed by atoms with Crippen molar-refractivity contribution < 1.29 is 14.6 Å². The molecule has 3 rings (SSSR count). The van der Waals surface area contributed by atoms with Gasteiger partial charge < -0.3 is 31.2 Å². The Morgan fingerprint density at radius 3 is 2.44 bits per heavy atom. The summed E-state index contributed by atoms with van der Waals surface area (Å²) >= 11 is 0. The Hall–Kier alpha value is -2.79. The number of nitrogens with two attached hydrogens (primary N) is 1. The van der Waals surface area contributed by atoms with Crippen LogP contribution in [-0.4, -0.2) is 77.0 Å². The lowest BCUT2D eigenvalue weighted by Gasteiger charge is -2.33. The Kier molecular flexibility index (Phi) is 12.6. The maximum atomic E-state index is 12.1. The average Bonchev–Trinajstić information content (AvgIpc) is 2.86. The lowest BCUT2D eigenvalue weighted by molar-refractivity contribution is 0.0660. The molecule has 10 nitrogen and oxygen atoms in total. The van der Waals surface area contributed by atoms with E-state index in [-0.39, 0.29) is 35.2 Å². The quantitative estimate of drug-likeness (QED) is 0.321. The van der Waals surface area contributed by atoms with Gasteiger partial charge in [0, 0.05) is 42.8 Å². The van der Waals surface area contributed by atoms with Crippen molar-refractivity contribution in [3.8, 4) is 11.1 Å². The molecule has 0 saturated carbocycles. The van der Waals surface area contributed by atoms with E-state index >= 15 is 0 Å². The summed E-state index contributed by atoms with van der Waals surface area (Å²) in [7, 11) is 0. The number of piperidine rings is 1. The summed E-state index contributed by atoms with van der Waals surface area (Å²) in [6.07, 6.45) is 3.74. The van der Waals surface area contributed by atoms with Gasteiger partial charge in [0.15, 0.2) is 0 Å². The van der Waals surface area contributed by atoms with Crippen LogP contribution in [0.4, 0.5) is 4.79 Å². The highest BCUT2D eigenvalue weighted by Crippen LogP contribution is 2.19. The number of urea groups is 1. The molecule has 6 N–H and O–H groups in total. The second-order valence-corrected chi connectivity index (χ2v) is 11.9. The fourth-order valence-corrected chi connectivity index (χ4v) is 4.10. The van der Waals surface area contributed by atoms with E-state index in [2.05, 4.69) is 25.5 Å².